The van der Waals surface area contributed by atoms with E-state index in [9.17, 15) is 5.11 Å². The molecule has 0 aliphatic rings. The Kier molecular flexibility index (Phi) is 6.44. The van der Waals surface area contributed by atoms with E-state index >= 15 is 0 Å². The van der Waals surface area contributed by atoms with Gasteiger partial charge in [0.2, 0.25) is 0 Å². The molecule has 4 heteroatoms. The number of rotatable bonds is 8. The van der Waals surface area contributed by atoms with Crippen molar-refractivity contribution in [3.8, 4) is 11.5 Å². The number of aliphatic hydroxyl groups is 1. The molecule has 4 nitrogen and oxygen atoms in total. The first-order valence-electron chi connectivity index (χ1n) is 7.87. The molecule has 0 radical (unpaired) electrons. The van der Waals surface area contributed by atoms with E-state index in [1.54, 1.807) is 14.2 Å². The topological polar surface area (TPSA) is 50.7 Å². The van der Waals surface area contributed by atoms with E-state index in [-0.39, 0.29) is 6.04 Å². The number of hydrogen-bond acceptors (Lipinski definition) is 4. The van der Waals surface area contributed by atoms with Gasteiger partial charge in [0, 0.05) is 18.2 Å². The molecule has 2 N–H and O–H groups in total. The molecule has 2 atom stereocenters. The molecule has 23 heavy (non-hydrogen) atoms. The molecule has 0 spiro atoms. The Morgan fingerprint density at radius 1 is 1.04 bits per heavy atom. The summed E-state index contributed by atoms with van der Waals surface area (Å²) in [6, 6.07) is 15.9. The third-order valence-electron chi connectivity index (χ3n) is 3.96. The molecule has 0 saturated carbocycles. The second kappa shape index (κ2) is 8.56. The lowest BCUT2D eigenvalue weighted by atomic mass is 10.0. The second-order valence-corrected chi connectivity index (χ2v) is 5.40. The van der Waals surface area contributed by atoms with E-state index in [4.69, 9.17) is 9.47 Å². The van der Waals surface area contributed by atoms with Crippen molar-refractivity contribution in [3.05, 3.63) is 59.7 Å². The first-order valence-corrected chi connectivity index (χ1v) is 7.87. The summed E-state index contributed by atoms with van der Waals surface area (Å²) in [6.45, 7) is 2.57. The first-order chi connectivity index (χ1) is 11.2. The minimum Gasteiger partial charge on any atom is -0.497 e. The second-order valence-electron chi connectivity index (χ2n) is 5.40. The molecule has 2 aromatic rings. The molecule has 0 aromatic heterocycles. The standard InChI is InChI=1S/C19H25NO3/c1-4-17(14-8-6-5-7-9-14)20-13-18(21)16-12-15(22-2)10-11-19(16)23-3/h5-12,17-18,20-21H,4,13H2,1-3H3. The van der Waals surface area contributed by atoms with Gasteiger partial charge in [-0.15, -0.1) is 0 Å². The van der Waals surface area contributed by atoms with Gasteiger partial charge in [-0.2, -0.15) is 0 Å². The maximum Gasteiger partial charge on any atom is 0.124 e. The normalized spacial score (nSPS) is 13.4. The highest BCUT2D eigenvalue weighted by molar-refractivity contribution is 5.41. The summed E-state index contributed by atoms with van der Waals surface area (Å²) in [7, 11) is 3.21. The van der Waals surface area contributed by atoms with Gasteiger partial charge in [0.05, 0.1) is 20.3 Å². The first kappa shape index (κ1) is 17.3. The van der Waals surface area contributed by atoms with E-state index in [0.29, 0.717) is 18.0 Å². The van der Waals surface area contributed by atoms with E-state index in [1.807, 2.05) is 36.4 Å². The van der Waals surface area contributed by atoms with E-state index in [2.05, 4.69) is 24.4 Å². The number of methoxy groups -OCH3 is 2. The van der Waals surface area contributed by atoms with Gasteiger partial charge >= 0.3 is 0 Å². The summed E-state index contributed by atoms with van der Waals surface area (Å²) in [5.74, 6) is 1.36. The Morgan fingerprint density at radius 3 is 2.39 bits per heavy atom. The van der Waals surface area contributed by atoms with Crippen LogP contribution in [0.25, 0.3) is 0 Å². The van der Waals surface area contributed by atoms with Gasteiger partial charge in [-0.1, -0.05) is 37.3 Å². The van der Waals surface area contributed by atoms with Crippen LogP contribution in [0.4, 0.5) is 0 Å². The van der Waals surface area contributed by atoms with Gasteiger partial charge in [-0.25, -0.2) is 0 Å². The van der Waals surface area contributed by atoms with Crippen LogP contribution in [0.2, 0.25) is 0 Å². The zero-order chi connectivity index (χ0) is 16.7. The van der Waals surface area contributed by atoms with Gasteiger partial charge in [-0.3, -0.25) is 0 Å². The molecule has 0 bridgehead atoms. The van der Waals surface area contributed by atoms with E-state index in [1.165, 1.54) is 5.56 Å². The fourth-order valence-electron chi connectivity index (χ4n) is 2.65. The number of ether oxygens (including phenoxy) is 2. The molecule has 0 fully saturated rings. The summed E-state index contributed by atoms with van der Waals surface area (Å²) < 4.78 is 10.6. The Morgan fingerprint density at radius 2 is 1.78 bits per heavy atom. The highest BCUT2D eigenvalue weighted by Crippen LogP contribution is 2.29. The zero-order valence-corrected chi connectivity index (χ0v) is 14.0. The summed E-state index contributed by atoms with van der Waals surface area (Å²) in [5.41, 5.74) is 1.95. The smallest absolute Gasteiger partial charge is 0.124 e. The number of aliphatic hydroxyl groups excluding tert-OH is 1. The van der Waals surface area contributed by atoms with E-state index < -0.39 is 6.10 Å². The number of nitrogens with one attached hydrogen (secondary N) is 1. The Bertz CT molecular complexity index is 601. The molecule has 0 heterocycles. The Balaban J connectivity index is 2.08. The molecule has 124 valence electrons. The fourth-order valence-corrected chi connectivity index (χ4v) is 2.65. The molecule has 2 aromatic carbocycles. The largest absolute Gasteiger partial charge is 0.497 e. The molecule has 2 unspecified atom stereocenters. The molecular formula is C19H25NO3. The third-order valence-corrected chi connectivity index (χ3v) is 3.96. The van der Waals surface area contributed by atoms with Crippen molar-refractivity contribution >= 4 is 0 Å². The molecule has 0 amide bonds. The summed E-state index contributed by atoms with van der Waals surface area (Å²) in [5, 5.41) is 14.0. The Hall–Kier alpha value is -2.04. The highest BCUT2D eigenvalue weighted by atomic mass is 16.5. The van der Waals surface area contributed by atoms with Crippen LogP contribution in [-0.4, -0.2) is 25.9 Å². The van der Waals surface area contributed by atoms with Gasteiger partial charge in [-0.05, 0) is 30.2 Å². The van der Waals surface area contributed by atoms with Crippen LogP contribution in [0.1, 0.15) is 36.6 Å². The average Bonchev–Trinajstić information content (AvgIpc) is 2.62. The highest BCUT2D eigenvalue weighted by Gasteiger charge is 2.17. The molecule has 0 saturated heterocycles. The lowest BCUT2D eigenvalue weighted by Gasteiger charge is -2.21. The van der Waals surface area contributed by atoms with Crippen LogP contribution in [0.15, 0.2) is 48.5 Å². The minimum absolute atomic E-state index is 0.211. The predicted molar refractivity (Wildman–Crippen MR) is 92.0 cm³/mol. The molecular weight excluding hydrogens is 290 g/mol. The van der Waals surface area contributed by atoms with Crippen LogP contribution >= 0.6 is 0 Å². The van der Waals surface area contributed by atoms with Crippen molar-refractivity contribution in [1.29, 1.82) is 0 Å². The maximum atomic E-state index is 10.5. The monoisotopic (exact) mass is 315 g/mol. The van der Waals surface area contributed by atoms with Crippen LogP contribution in [0.3, 0.4) is 0 Å². The van der Waals surface area contributed by atoms with Crippen LogP contribution in [-0.2, 0) is 0 Å². The number of benzene rings is 2. The van der Waals surface area contributed by atoms with Crippen molar-refractivity contribution in [1.82, 2.24) is 5.32 Å². The molecule has 2 rings (SSSR count). The number of hydrogen-bond donors (Lipinski definition) is 2. The average molecular weight is 315 g/mol. The minimum atomic E-state index is -0.669. The predicted octanol–water partition coefficient (Wildman–Crippen LogP) is 3.48. The summed E-state index contributed by atoms with van der Waals surface area (Å²) in [4.78, 5) is 0. The quantitative estimate of drug-likeness (QED) is 0.783. The summed E-state index contributed by atoms with van der Waals surface area (Å²) >= 11 is 0. The van der Waals surface area contributed by atoms with Gasteiger partial charge in [0.25, 0.3) is 0 Å². The SMILES string of the molecule is CCC(NCC(O)c1cc(OC)ccc1OC)c1ccccc1. The van der Waals surface area contributed by atoms with Gasteiger partial charge in [0.15, 0.2) is 0 Å². The molecule has 0 aliphatic carbocycles. The van der Waals surface area contributed by atoms with E-state index in [0.717, 1.165) is 12.0 Å². The summed E-state index contributed by atoms with van der Waals surface area (Å²) in [6.07, 6.45) is 0.282. The fraction of sp³-hybridized carbons (Fsp3) is 0.368. The van der Waals surface area contributed by atoms with Crippen molar-refractivity contribution in [2.24, 2.45) is 0 Å². The van der Waals surface area contributed by atoms with Crippen LogP contribution in [0.5, 0.6) is 11.5 Å². The van der Waals surface area contributed by atoms with Crippen molar-refractivity contribution < 1.29 is 14.6 Å². The van der Waals surface area contributed by atoms with Crippen molar-refractivity contribution in [2.75, 3.05) is 20.8 Å². The third kappa shape index (κ3) is 4.47. The van der Waals surface area contributed by atoms with Crippen molar-refractivity contribution in [2.45, 2.75) is 25.5 Å². The Labute approximate surface area is 138 Å². The van der Waals surface area contributed by atoms with Gasteiger partial charge in [0.1, 0.15) is 11.5 Å². The maximum absolute atomic E-state index is 10.5. The van der Waals surface area contributed by atoms with Crippen LogP contribution < -0.4 is 14.8 Å². The van der Waals surface area contributed by atoms with Crippen LogP contribution in [0, 0.1) is 0 Å². The lowest BCUT2D eigenvalue weighted by Crippen LogP contribution is -2.26. The molecule has 0 aliphatic heterocycles. The van der Waals surface area contributed by atoms with Gasteiger partial charge < -0.3 is 19.9 Å². The van der Waals surface area contributed by atoms with Crippen molar-refractivity contribution in [3.63, 3.8) is 0 Å². The lowest BCUT2D eigenvalue weighted by molar-refractivity contribution is 0.165. The zero-order valence-electron chi connectivity index (χ0n) is 14.0.